The van der Waals surface area contributed by atoms with Crippen molar-refractivity contribution in [3.8, 4) is 11.1 Å². The third-order valence-electron chi connectivity index (χ3n) is 15.1. The highest BCUT2D eigenvalue weighted by Crippen LogP contribution is 2.46. The summed E-state index contributed by atoms with van der Waals surface area (Å²) in [6.45, 7) is 27.1. The minimum absolute atomic E-state index is 0.00436. The number of nitrogens with one attached hydrogen (secondary N) is 7. The number of esters is 1. The molecule has 2 radical (unpaired) electrons. The molecule has 5 rings (SSSR count). The second-order valence-corrected chi connectivity index (χ2v) is 26.5. The summed E-state index contributed by atoms with van der Waals surface area (Å²) in [5.41, 5.74) is -13.1. The molecule has 0 atom stereocenters. The Hall–Kier alpha value is -6.16. The molecule has 2 aliphatic heterocycles. The maximum absolute atomic E-state index is 15.0. The number of carbonyl (C=O) groups is 8. The standard InChI is InChI=1S/C56H83N9O12/c1-46(2)29-55(30-47(3,4)64(46)74,61-41(69)52(13,14)58-39(67)53(15,16)63-45(73)77-28-37-35-26-22-20-24-33(35)34-25-21-23-27-36(34)37)42(70)59-50(9,10)38(66)57-51(11,12)40(68)62-56(43(71)60-54(17,18)44(72)76-19)31-48(5,6)65(75)49(7,8)32-56/h20-27,37H,28-32H2,1-19H3,(H,57,66)(H,58,67)(H,59,70)(H,60,71)(H,61,69)(H,62,68)(H,63,73). The van der Waals surface area contributed by atoms with Gasteiger partial charge in [-0.05, 0) is 173 Å². The van der Waals surface area contributed by atoms with E-state index in [0.29, 0.717) is 0 Å². The van der Waals surface area contributed by atoms with E-state index in [9.17, 15) is 44.0 Å². The van der Waals surface area contributed by atoms with Crippen LogP contribution in [0.15, 0.2) is 48.5 Å². The summed E-state index contributed by atoms with van der Waals surface area (Å²) in [7, 11) is 1.17. The van der Waals surface area contributed by atoms with E-state index < -0.39 is 108 Å². The van der Waals surface area contributed by atoms with Crippen LogP contribution < -0.4 is 37.2 Å². The molecule has 0 saturated carbocycles. The molecule has 2 aromatic carbocycles. The molecule has 0 spiro atoms. The van der Waals surface area contributed by atoms with Crippen LogP contribution in [-0.4, -0.2) is 132 Å². The number of hydrogen-bond acceptors (Lipinski definition) is 12. The van der Waals surface area contributed by atoms with Crippen LogP contribution in [0.2, 0.25) is 0 Å². The van der Waals surface area contributed by atoms with E-state index in [0.717, 1.165) is 32.4 Å². The molecule has 1 aliphatic carbocycles. The average molecular weight is 1070 g/mol. The van der Waals surface area contributed by atoms with Crippen LogP contribution in [0.25, 0.3) is 11.1 Å². The minimum Gasteiger partial charge on any atom is -0.467 e. The van der Waals surface area contributed by atoms with Crippen LogP contribution in [0.1, 0.15) is 167 Å². The van der Waals surface area contributed by atoms with E-state index in [1.54, 1.807) is 55.4 Å². The third kappa shape index (κ3) is 12.6. The zero-order chi connectivity index (χ0) is 58.7. The van der Waals surface area contributed by atoms with Gasteiger partial charge in [-0.15, -0.1) is 20.5 Å². The number of ether oxygens (including phenoxy) is 2. The number of methoxy groups -OCH3 is 1. The summed E-state index contributed by atoms with van der Waals surface area (Å²) < 4.78 is 10.6. The smallest absolute Gasteiger partial charge is 0.408 e. The van der Waals surface area contributed by atoms with Crippen LogP contribution in [0.4, 0.5) is 4.79 Å². The van der Waals surface area contributed by atoms with E-state index >= 15 is 4.79 Å². The van der Waals surface area contributed by atoms with E-state index in [-0.39, 0.29) is 38.2 Å². The summed E-state index contributed by atoms with van der Waals surface area (Å²) in [5.74, 6) is -5.87. The largest absolute Gasteiger partial charge is 0.467 e. The summed E-state index contributed by atoms with van der Waals surface area (Å²) in [5, 5.41) is 48.2. The molecule has 0 bridgehead atoms. The molecular weight excluding hydrogens is 991 g/mol. The molecule has 2 fully saturated rings. The van der Waals surface area contributed by atoms with Crippen molar-refractivity contribution in [2.45, 2.75) is 217 Å². The number of benzene rings is 2. The van der Waals surface area contributed by atoms with E-state index in [1.165, 1.54) is 76.3 Å². The molecule has 3 aliphatic rings. The van der Waals surface area contributed by atoms with Crippen molar-refractivity contribution >= 4 is 47.5 Å². The molecule has 0 unspecified atom stereocenters. The highest BCUT2D eigenvalue weighted by molar-refractivity contribution is 6.02. The van der Waals surface area contributed by atoms with Gasteiger partial charge < -0.3 is 46.7 Å². The van der Waals surface area contributed by atoms with Gasteiger partial charge in [-0.1, -0.05) is 48.5 Å². The van der Waals surface area contributed by atoms with Gasteiger partial charge in [0.1, 0.15) is 45.4 Å². The van der Waals surface area contributed by atoms with Crippen LogP contribution in [0, 0.1) is 0 Å². The molecule has 424 valence electrons. The second kappa shape index (κ2) is 20.6. The molecule has 21 heteroatoms. The third-order valence-corrected chi connectivity index (χ3v) is 15.1. The number of hydrogen-bond donors (Lipinski definition) is 7. The first-order valence-corrected chi connectivity index (χ1v) is 26.0. The second-order valence-electron chi connectivity index (χ2n) is 26.5. The van der Waals surface area contributed by atoms with Crippen LogP contribution in [0.5, 0.6) is 0 Å². The van der Waals surface area contributed by atoms with Gasteiger partial charge in [-0.2, -0.15) is 0 Å². The lowest BCUT2D eigenvalue weighted by atomic mass is 9.69. The fourth-order valence-electron chi connectivity index (χ4n) is 11.5. The number of carbonyl (C=O) groups excluding carboxylic acids is 8. The fourth-order valence-corrected chi connectivity index (χ4v) is 11.5. The number of fused-ring (bicyclic) bond motifs is 3. The maximum atomic E-state index is 15.0. The number of hydroxylamine groups is 4. The highest BCUT2D eigenvalue weighted by Gasteiger charge is 2.61. The molecule has 2 aromatic rings. The molecule has 21 nitrogen and oxygen atoms in total. The molecule has 7 amide bonds. The Morgan fingerprint density at radius 1 is 0.481 bits per heavy atom. The van der Waals surface area contributed by atoms with Crippen LogP contribution in [0.3, 0.4) is 0 Å². The van der Waals surface area contributed by atoms with E-state index in [4.69, 9.17) is 9.47 Å². The van der Waals surface area contributed by atoms with Crippen molar-refractivity contribution in [2.75, 3.05) is 13.7 Å². The van der Waals surface area contributed by atoms with Gasteiger partial charge >= 0.3 is 12.1 Å². The van der Waals surface area contributed by atoms with Crippen molar-refractivity contribution in [1.29, 1.82) is 0 Å². The Bertz CT molecular complexity index is 2610. The number of amides is 7. The quantitative estimate of drug-likeness (QED) is 0.112. The lowest BCUT2D eigenvalue weighted by Crippen LogP contribution is -2.76. The predicted molar refractivity (Wildman–Crippen MR) is 285 cm³/mol. The predicted octanol–water partition coefficient (Wildman–Crippen LogP) is 4.76. The zero-order valence-corrected chi connectivity index (χ0v) is 48.5. The minimum atomic E-state index is -1.89. The Morgan fingerprint density at radius 2 is 0.792 bits per heavy atom. The van der Waals surface area contributed by atoms with Gasteiger partial charge in [0.05, 0.1) is 7.11 Å². The number of rotatable bonds is 16. The molecule has 7 N–H and O–H groups in total. The molecule has 77 heavy (non-hydrogen) atoms. The first-order chi connectivity index (χ1) is 34.8. The van der Waals surface area contributed by atoms with E-state index in [1.807, 2.05) is 48.5 Å². The zero-order valence-electron chi connectivity index (χ0n) is 48.5. The normalized spacial score (nSPS) is 19.7. The van der Waals surface area contributed by atoms with Crippen LogP contribution >= 0.6 is 0 Å². The van der Waals surface area contributed by atoms with Crippen molar-refractivity contribution in [1.82, 2.24) is 47.3 Å². The first-order valence-electron chi connectivity index (χ1n) is 26.0. The monoisotopic (exact) mass is 1070 g/mol. The molecular formula is C56H83N9O12. The lowest BCUT2D eigenvalue weighted by molar-refractivity contribution is -0.296. The van der Waals surface area contributed by atoms with Crippen molar-refractivity contribution in [3.05, 3.63) is 59.7 Å². The molecule has 0 aromatic heterocycles. The summed E-state index contributed by atoms with van der Waals surface area (Å²) in [6.07, 6.45) is -1.74. The van der Waals surface area contributed by atoms with Crippen molar-refractivity contribution in [2.24, 2.45) is 0 Å². The Morgan fingerprint density at radius 3 is 1.14 bits per heavy atom. The van der Waals surface area contributed by atoms with Crippen molar-refractivity contribution < 1.29 is 58.2 Å². The average Bonchev–Trinajstić information content (AvgIpc) is 3.61. The van der Waals surface area contributed by atoms with Crippen LogP contribution in [-0.2, 0) is 53.4 Å². The van der Waals surface area contributed by atoms with E-state index in [2.05, 4.69) is 37.2 Å². The van der Waals surface area contributed by atoms with Gasteiger partial charge in [0.25, 0.3) is 0 Å². The van der Waals surface area contributed by atoms with Crippen molar-refractivity contribution in [3.63, 3.8) is 0 Å². The topological polar surface area (TPSA) is 286 Å². The number of alkyl carbamates (subject to hydrolysis) is 1. The van der Waals surface area contributed by atoms with Gasteiger partial charge in [-0.3, -0.25) is 28.8 Å². The van der Waals surface area contributed by atoms with Gasteiger partial charge in [0.15, 0.2) is 0 Å². The fraction of sp³-hybridized carbons (Fsp3) is 0.643. The molecule has 2 saturated heterocycles. The Labute approximate surface area is 453 Å². The Kier molecular flexibility index (Phi) is 16.5. The summed E-state index contributed by atoms with van der Waals surface area (Å²) in [6, 6.07) is 15.7. The Balaban J connectivity index is 1.33. The SMILES string of the molecule is COC(=O)C(C)(C)NC(=O)C1(NC(=O)C(C)(C)NC(=O)C(C)(C)NC(=O)C2(NC(=O)C(C)(C)NC(=O)C(C)(C)NC(=O)OCC3c4ccccc4-c4ccccc43)CC(C)(C)N([O])C(C)(C)C2)CC(C)(C)N([O])C(C)(C)C1. The van der Waals surface area contributed by atoms with Gasteiger partial charge in [0, 0.05) is 28.1 Å². The lowest BCUT2D eigenvalue weighted by Gasteiger charge is -2.55. The maximum Gasteiger partial charge on any atom is 0.408 e. The summed E-state index contributed by atoms with van der Waals surface area (Å²) in [4.78, 5) is 113. The molecule has 2 heterocycles. The number of piperidine rings is 2. The summed E-state index contributed by atoms with van der Waals surface area (Å²) >= 11 is 0. The van der Waals surface area contributed by atoms with Gasteiger partial charge in [-0.25, -0.2) is 9.59 Å². The number of nitrogens with zero attached hydrogens (tertiary/aromatic N) is 2. The first kappa shape index (κ1) is 61.7. The highest BCUT2D eigenvalue weighted by atomic mass is 16.5. The van der Waals surface area contributed by atoms with Gasteiger partial charge in [0.2, 0.25) is 35.4 Å².